The highest BCUT2D eigenvalue weighted by Gasteiger charge is 2.70. The van der Waals surface area contributed by atoms with E-state index in [9.17, 15) is 8.78 Å². The van der Waals surface area contributed by atoms with E-state index in [4.69, 9.17) is 0 Å². The van der Waals surface area contributed by atoms with E-state index in [0.29, 0.717) is 16.9 Å². The lowest BCUT2D eigenvalue weighted by atomic mass is 9.93. The van der Waals surface area contributed by atoms with Gasteiger partial charge in [-0.1, -0.05) is 22.6 Å². The van der Waals surface area contributed by atoms with Gasteiger partial charge in [0.05, 0.1) is 4.05 Å². The van der Waals surface area contributed by atoms with Gasteiger partial charge in [0.15, 0.2) is 0 Å². The zero-order chi connectivity index (χ0) is 9.69. The third-order valence-electron chi connectivity index (χ3n) is 3.47. The molecule has 2 aliphatic rings. The summed E-state index contributed by atoms with van der Waals surface area (Å²) in [5.74, 6) is -2.34. The minimum atomic E-state index is -2.34. The second-order valence-corrected chi connectivity index (χ2v) is 6.07. The van der Waals surface area contributed by atoms with Gasteiger partial charge in [0.25, 0.3) is 5.92 Å². The van der Waals surface area contributed by atoms with Gasteiger partial charge in [-0.3, -0.25) is 4.90 Å². The number of hydrogen-bond acceptors (Lipinski definition) is 1. The largest absolute Gasteiger partial charge is 0.292 e. The summed E-state index contributed by atoms with van der Waals surface area (Å²) in [5, 5.41) is 0. The molecule has 0 amide bonds. The molecule has 0 aromatic carbocycles. The molecule has 13 heavy (non-hydrogen) atoms. The van der Waals surface area contributed by atoms with E-state index in [1.165, 1.54) is 0 Å². The van der Waals surface area contributed by atoms with Gasteiger partial charge in [0.2, 0.25) is 0 Å². The Kier molecular flexibility index (Phi) is 2.34. The van der Waals surface area contributed by atoms with E-state index in [1.807, 2.05) is 0 Å². The Morgan fingerprint density at radius 2 is 1.77 bits per heavy atom. The fourth-order valence-corrected chi connectivity index (χ4v) is 2.79. The number of nitrogens with zero attached hydrogens (tertiary/aromatic N) is 1. The SMILES string of the molecule is CC(I)N1CCC2(CC1)CC2(F)F. The maximum atomic E-state index is 13.0. The molecule has 1 spiro atoms. The Labute approximate surface area is 91.0 Å². The van der Waals surface area contributed by atoms with Gasteiger partial charge in [-0.15, -0.1) is 0 Å². The first-order chi connectivity index (χ1) is 5.97. The van der Waals surface area contributed by atoms with Gasteiger partial charge in [-0.25, -0.2) is 8.78 Å². The highest BCUT2D eigenvalue weighted by Crippen LogP contribution is 2.65. The Balaban J connectivity index is 1.91. The predicted octanol–water partition coefficient (Wildman–Crippen LogP) is 2.89. The molecule has 4 heteroatoms. The smallest absolute Gasteiger partial charge is 0.254 e. The molecule has 76 valence electrons. The van der Waals surface area contributed by atoms with Crippen molar-refractivity contribution in [1.29, 1.82) is 0 Å². The summed E-state index contributed by atoms with van der Waals surface area (Å²) < 4.78 is 26.4. The summed E-state index contributed by atoms with van der Waals surface area (Å²) in [6.45, 7) is 3.81. The number of rotatable bonds is 1. The molecule has 0 radical (unpaired) electrons. The van der Waals surface area contributed by atoms with Crippen molar-refractivity contribution in [3.05, 3.63) is 0 Å². The monoisotopic (exact) mass is 301 g/mol. The van der Waals surface area contributed by atoms with Crippen LogP contribution in [-0.2, 0) is 0 Å². The van der Waals surface area contributed by atoms with Crippen molar-refractivity contribution in [2.75, 3.05) is 13.1 Å². The molecule has 0 aromatic heterocycles. The molecule has 1 aliphatic carbocycles. The topological polar surface area (TPSA) is 3.24 Å². The Morgan fingerprint density at radius 3 is 2.08 bits per heavy atom. The molecule has 0 N–H and O–H groups in total. The molecule has 1 saturated carbocycles. The van der Waals surface area contributed by atoms with Crippen LogP contribution in [0.4, 0.5) is 8.78 Å². The summed E-state index contributed by atoms with van der Waals surface area (Å²) in [5.41, 5.74) is -0.588. The van der Waals surface area contributed by atoms with Crippen molar-refractivity contribution in [3.8, 4) is 0 Å². The minimum Gasteiger partial charge on any atom is -0.292 e. The Hall–Kier alpha value is 0.550. The first-order valence-corrected chi connectivity index (χ1v) is 5.97. The molecule has 1 atom stereocenters. The molecule has 1 nitrogen and oxygen atoms in total. The van der Waals surface area contributed by atoms with Crippen LogP contribution in [0.25, 0.3) is 0 Å². The molecule has 0 aromatic rings. The maximum absolute atomic E-state index is 13.0. The van der Waals surface area contributed by atoms with Gasteiger partial charge >= 0.3 is 0 Å². The zero-order valence-corrected chi connectivity index (χ0v) is 9.85. The Morgan fingerprint density at radius 1 is 1.31 bits per heavy atom. The van der Waals surface area contributed by atoms with Gasteiger partial charge in [0.1, 0.15) is 0 Å². The standard InChI is InChI=1S/C9H14F2IN/c1-7(12)13-4-2-8(3-5-13)6-9(8,10)11/h7H,2-6H2,1H3. The van der Waals surface area contributed by atoms with Crippen LogP contribution in [0.15, 0.2) is 0 Å². The number of piperidine rings is 1. The second kappa shape index (κ2) is 3.02. The molecule has 2 fully saturated rings. The normalized spacial score (nSPS) is 33.2. The van der Waals surface area contributed by atoms with Crippen LogP contribution in [0, 0.1) is 5.41 Å². The highest BCUT2D eigenvalue weighted by molar-refractivity contribution is 14.1. The zero-order valence-electron chi connectivity index (χ0n) is 7.69. The lowest BCUT2D eigenvalue weighted by molar-refractivity contribution is 0.0313. The van der Waals surface area contributed by atoms with Crippen LogP contribution in [0.5, 0.6) is 0 Å². The van der Waals surface area contributed by atoms with Gasteiger partial charge < -0.3 is 0 Å². The average molecular weight is 301 g/mol. The van der Waals surface area contributed by atoms with E-state index in [0.717, 1.165) is 13.1 Å². The van der Waals surface area contributed by atoms with E-state index in [-0.39, 0.29) is 6.42 Å². The Bertz CT molecular complexity index is 210. The van der Waals surface area contributed by atoms with Crippen LogP contribution >= 0.6 is 22.6 Å². The number of halogens is 3. The van der Waals surface area contributed by atoms with Crippen LogP contribution in [0.3, 0.4) is 0 Å². The third kappa shape index (κ3) is 1.60. The predicted molar refractivity (Wildman–Crippen MR) is 56.3 cm³/mol. The van der Waals surface area contributed by atoms with Crippen molar-refractivity contribution in [1.82, 2.24) is 4.90 Å². The molecule has 2 rings (SSSR count). The lowest BCUT2D eigenvalue weighted by Gasteiger charge is -2.33. The number of alkyl halides is 3. The molecule has 1 saturated heterocycles. The van der Waals surface area contributed by atoms with E-state index in [2.05, 4.69) is 34.4 Å². The number of hydrogen-bond donors (Lipinski definition) is 0. The second-order valence-electron chi connectivity index (χ2n) is 4.27. The quantitative estimate of drug-likeness (QED) is 0.409. The summed E-state index contributed by atoms with van der Waals surface area (Å²) in [7, 11) is 0. The van der Waals surface area contributed by atoms with Crippen LogP contribution in [0.1, 0.15) is 26.2 Å². The van der Waals surface area contributed by atoms with Crippen molar-refractivity contribution in [2.24, 2.45) is 5.41 Å². The molecular weight excluding hydrogens is 287 g/mol. The summed E-state index contributed by atoms with van der Waals surface area (Å²) in [4.78, 5) is 2.28. The van der Waals surface area contributed by atoms with Crippen LogP contribution in [0.2, 0.25) is 0 Å². The fraction of sp³-hybridized carbons (Fsp3) is 1.00. The van der Waals surface area contributed by atoms with Gasteiger partial charge in [0, 0.05) is 11.8 Å². The van der Waals surface area contributed by atoms with E-state index in [1.54, 1.807) is 0 Å². The molecule has 1 heterocycles. The lowest BCUT2D eigenvalue weighted by Crippen LogP contribution is -2.39. The molecule has 1 aliphatic heterocycles. The third-order valence-corrected chi connectivity index (χ3v) is 4.26. The first-order valence-electron chi connectivity index (χ1n) is 4.73. The van der Waals surface area contributed by atoms with Crippen LogP contribution in [-0.4, -0.2) is 28.0 Å². The van der Waals surface area contributed by atoms with Crippen molar-refractivity contribution < 1.29 is 8.78 Å². The van der Waals surface area contributed by atoms with Crippen LogP contribution < -0.4 is 0 Å². The fourth-order valence-electron chi connectivity index (χ4n) is 2.23. The van der Waals surface area contributed by atoms with E-state index >= 15 is 0 Å². The summed E-state index contributed by atoms with van der Waals surface area (Å²) in [6, 6.07) is 0. The maximum Gasteiger partial charge on any atom is 0.254 e. The first kappa shape index (κ1) is 10.1. The molecule has 0 bridgehead atoms. The highest BCUT2D eigenvalue weighted by atomic mass is 127. The van der Waals surface area contributed by atoms with Crippen molar-refractivity contribution in [2.45, 2.75) is 36.2 Å². The minimum absolute atomic E-state index is 0.142. The summed E-state index contributed by atoms with van der Waals surface area (Å²) in [6.07, 6.45) is 1.52. The molecule has 1 unspecified atom stereocenters. The van der Waals surface area contributed by atoms with Crippen molar-refractivity contribution >= 4 is 22.6 Å². The van der Waals surface area contributed by atoms with Gasteiger partial charge in [-0.05, 0) is 32.9 Å². The van der Waals surface area contributed by atoms with Gasteiger partial charge in [-0.2, -0.15) is 0 Å². The van der Waals surface area contributed by atoms with E-state index < -0.39 is 11.3 Å². The number of likely N-dealkylation sites (tertiary alicyclic amines) is 1. The average Bonchev–Trinajstić information content (AvgIpc) is 2.53. The molecular formula is C9H14F2IN. The summed E-state index contributed by atoms with van der Waals surface area (Å²) >= 11 is 2.34. The van der Waals surface area contributed by atoms with Crippen molar-refractivity contribution in [3.63, 3.8) is 0 Å².